The monoisotopic (exact) mass is 274 g/mol. The number of aromatic amines is 1. The van der Waals surface area contributed by atoms with Crippen LogP contribution in [0.25, 0.3) is 0 Å². The Morgan fingerprint density at radius 3 is 3.06 bits per heavy atom. The number of hydrogen-bond donors (Lipinski definition) is 1. The maximum Gasteiger partial charge on any atom is 0.343 e. The average molecular weight is 275 g/mol. The molecule has 5 nitrogen and oxygen atoms in total. The largest absolute Gasteiger partial charge is 0.343 e. The van der Waals surface area contributed by atoms with E-state index in [1.54, 1.807) is 6.92 Å². The third kappa shape index (κ3) is 2.50. The number of H-pyrrole nitrogens is 1. The van der Waals surface area contributed by atoms with Gasteiger partial charge in [-0.15, -0.1) is 5.10 Å². The fourth-order valence-electron chi connectivity index (χ4n) is 1.22. The van der Waals surface area contributed by atoms with Gasteiger partial charge in [0.15, 0.2) is 11.0 Å². The molecule has 1 N–H and O–H groups in total. The van der Waals surface area contributed by atoms with Crippen LogP contribution in [0.5, 0.6) is 0 Å². The molecule has 0 spiro atoms. The lowest BCUT2D eigenvalue weighted by atomic mass is 10.5. The molecule has 2 heterocycles. The molecular formula is C9H8ClFN4OS. The molecule has 0 radical (unpaired) electrons. The quantitative estimate of drug-likeness (QED) is 0.929. The van der Waals surface area contributed by atoms with E-state index < -0.39 is 5.82 Å². The van der Waals surface area contributed by atoms with Crippen LogP contribution in [0.15, 0.2) is 27.2 Å². The summed E-state index contributed by atoms with van der Waals surface area (Å²) in [5.74, 6) is -0.541. The first-order valence-electron chi connectivity index (χ1n) is 4.76. The average Bonchev–Trinajstić information content (AvgIpc) is 2.63. The molecule has 0 aromatic carbocycles. The van der Waals surface area contributed by atoms with Gasteiger partial charge in [0.2, 0.25) is 0 Å². The van der Waals surface area contributed by atoms with Crippen LogP contribution in [0.1, 0.15) is 6.92 Å². The van der Waals surface area contributed by atoms with Crippen LogP contribution < -0.4 is 5.69 Å². The highest BCUT2D eigenvalue weighted by atomic mass is 35.5. The van der Waals surface area contributed by atoms with E-state index in [1.807, 2.05) is 0 Å². The molecule has 0 aliphatic heterocycles. The first kappa shape index (κ1) is 12.1. The maximum absolute atomic E-state index is 13.5. The fraction of sp³-hybridized carbons (Fsp3) is 0.222. The lowest BCUT2D eigenvalue weighted by Gasteiger charge is -2.02. The number of nitrogens with one attached hydrogen (secondary N) is 1. The fourth-order valence-corrected chi connectivity index (χ4v) is 2.22. The third-order valence-corrected chi connectivity index (χ3v) is 3.20. The molecular weight excluding hydrogens is 267 g/mol. The van der Waals surface area contributed by atoms with Crippen LogP contribution in [-0.4, -0.2) is 19.7 Å². The lowest BCUT2D eigenvalue weighted by Crippen LogP contribution is -2.16. The van der Waals surface area contributed by atoms with Gasteiger partial charge in [-0.05, 0) is 24.8 Å². The Kier molecular flexibility index (Phi) is 3.49. The Hall–Kier alpha value is -1.34. The van der Waals surface area contributed by atoms with Crippen molar-refractivity contribution in [3.63, 3.8) is 0 Å². The van der Waals surface area contributed by atoms with E-state index in [1.165, 1.54) is 10.8 Å². The molecule has 0 unspecified atom stereocenters. The summed E-state index contributed by atoms with van der Waals surface area (Å²) in [6.07, 6.45) is 1.34. The van der Waals surface area contributed by atoms with Gasteiger partial charge < -0.3 is 0 Å². The van der Waals surface area contributed by atoms with Gasteiger partial charge in [0.25, 0.3) is 0 Å². The zero-order valence-electron chi connectivity index (χ0n) is 8.78. The van der Waals surface area contributed by atoms with Gasteiger partial charge >= 0.3 is 5.69 Å². The van der Waals surface area contributed by atoms with E-state index >= 15 is 0 Å². The van der Waals surface area contributed by atoms with Crippen LogP contribution >= 0.6 is 23.4 Å². The Labute approximate surface area is 105 Å². The van der Waals surface area contributed by atoms with E-state index in [9.17, 15) is 9.18 Å². The molecule has 90 valence electrons. The van der Waals surface area contributed by atoms with Gasteiger partial charge in [0, 0.05) is 12.7 Å². The van der Waals surface area contributed by atoms with Crippen molar-refractivity contribution in [3.8, 4) is 0 Å². The molecule has 0 fully saturated rings. The van der Waals surface area contributed by atoms with Crippen molar-refractivity contribution < 1.29 is 4.39 Å². The molecule has 17 heavy (non-hydrogen) atoms. The molecule has 0 aliphatic rings. The smallest absolute Gasteiger partial charge is 0.270 e. The number of hydrogen-bond acceptors (Lipinski definition) is 4. The number of halogens is 2. The molecule has 2 aromatic heterocycles. The molecule has 8 heteroatoms. The highest BCUT2D eigenvalue weighted by Crippen LogP contribution is 2.26. The topological polar surface area (TPSA) is 63.6 Å². The standard InChI is InChI=1S/C9H8ClFN4OS/c1-2-15-8(16)13-14-9(15)17-7-6(11)3-5(10)4-12-7/h3-4H,2H2,1H3,(H,13,16). The Balaban J connectivity index is 2.34. The van der Waals surface area contributed by atoms with Crippen LogP contribution in [0, 0.1) is 5.82 Å². The first-order chi connectivity index (χ1) is 8.11. The molecule has 0 amide bonds. The number of nitrogens with zero attached hydrogens (tertiary/aromatic N) is 3. The van der Waals surface area contributed by atoms with Crippen LogP contribution in [0.3, 0.4) is 0 Å². The predicted octanol–water partition coefficient (Wildman–Crippen LogP) is 1.93. The van der Waals surface area contributed by atoms with Crippen molar-refractivity contribution in [2.75, 3.05) is 0 Å². The van der Waals surface area contributed by atoms with Gasteiger partial charge in [0.1, 0.15) is 5.03 Å². The third-order valence-electron chi connectivity index (χ3n) is 2.00. The number of pyridine rings is 1. The van der Waals surface area contributed by atoms with Gasteiger partial charge in [-0.25, -0.2) is 19.3 Å². The SMILES string of the molecule is CCn1c(Sc2ncc(Cl)cc2F)n[nH]c1=O. The van der Waals surface area contributed by atoms with Crippen molar-refractivity contribution >= 4 is 23.4 Å². The zero-order chi connectivity index (χ0) is 12.4. The van der Waals surface area contributed by atoms with Crippen molar-refractivity contribution in [3.05, 3.63) is 33.6 Å². The molecule has 0 atom stereocenters. The van der Waals surface area contributed by atoms with Crippen LogP contribution in [-0.2, 0) is 6.54 Å². The summed E-state index contributed by atoms with van der Waals surface area (Å²) >= 11 is 6.56. The lowest BCUT2D eigenvalue weighted by molar-refractivity contribution is 0.586. The summed E-state index contributed by atoms with van der Waals surface area (Å²) in [6.45, 7) is 2.25. The van der Waals surface area contributed by atoms with Crippen molar-refractivity contribution in [2.24, 2.45) is 0 Å². The van der Waals surface area contributed by atoms with Gasteiger partial charge in [-0.3, -0.25) is 4.57 Å². The summed E-state index contributed by atoms with van der Waals surface area (Å²) in [7, 11) is 0. The highest BCUT2D eigenvalue weighted by molar-refractivity contribution is 7.99. The molecule has 2 rings (SSSR count). The number of rotatable bonds is 3. The number of aromatic nitrogens is 4. The first-order valence-corrected chi connectivity index (χ1v) is 5.95. The van der Waals surface area contributed by atoms with E-state index in [0.29, 0.717) is 11.7 Å². The van der Waals surface area contributed by atoms with E-state index in [-0.39, 0.29) is 15.7 Å². The Bertz CT molecular complexity index is 597. The van der Waals surface area contributed by atoms with Gasteiger partial charge in [-0.2, -0.15) is 0 Å². The van der Waals surface area contributed by atoms with Gasteiger partial charge in [-0.1, -0.05) is 11.6 Å². The minimum absolute atomic E-state index is 0.128. The summed E-state index contributed by atoms with van der Waals surface area (Å²) < 4.78 is 14.9. The van der Waals surface area contributed by atoms with Crippen molar-refractivity contribution in [1.29, 1.82) is 0 Å². The predicted molar refractivity (Wildman–Crippen MR) is 61.8 cm³/mol. The molecule has 0 saturated carbocycles. The van der Waals surface area contributed by atoms with E-state index in [4.69, 9.17) is 11.6 Å². The summed E-state index contributed by atoms with van der Waals surface area (Å²) in [5, 5.41) is 6.81. The Morgan fingerprint density at radius 1 is 1.65 bits per heavy atom. The Morgan fingerprint density at radius 2 is 2.41 bits per heavy atom. The van der Waals surface area contributed by atoms with E-state index in [2.05, 4.69) is 15.2 Å². The van der Waals surface area contributed by atoms with Crippen LogP contribution in [0.2, 0.25) is 5.02 Å². The second-order valence-electron chi connectivity index (χ2n) is 3.10. The van der Waals surface area contributed by atoms with Crippen molar-refractivity contribution in [1.82, 2.24) is 19.7 Å². The van der Waals surface area contributed by atoms with E-state index in [0.717, 1.165) is 17.8 Å². The van der Waals surface area contributed by atoms with Gasteiger partial charge in [0.05, 0.1) is 5.02 Å². The second kappa shape index (κ2) is 4.89. The second-order valence-corrected chi connectivity index (χ2v) is 4.49. The minimum Gasteiger partial charge on any atom is -0.270 e. The maximum atomic E-state index is 13.5. The van der Waals surface area contributed by atoms with Crippen molar-refractivity contribution in [2.45, 2.75) is 23.7 Å². The summed E-state index contributed by atoms with van der Waals surface area (Å²) in [6, 6.07) is 1.16. The summed E-state index contributed by atoms with van der Waals surface area (Å²) in [4.78, 5) is 15.1. The summed E-state index contributed by atoms with van der Waals surface area (Å²) in [5.41, 5.74) is -0.329. The molecule has 2 aromatic rings. The minimum atomic E-state index is -0.541. The zero-order valence-corrected chi connectivity index (χ0v) is 10.3. The molecule has 0 bridgehead atoms. The molecule has 0 saturated heterocycles. The molecule has 0 aliphatic carbocycles. The van der Waals surface area contributed by atoms with Crippen LogP contribution in [0.4, 0.5) is 4.39 Å². The highest BCUT2D eigenvalue weighted by Gasteiger charge is 2.12. The normalized spacial score (nSPS) is 10.8.